The molecule has 2 heterocycles. The number of benzene rings is 2. The van der Waals surface area contributed by atoms with Gasteiger partial charge in [0.15, 0.2) is 11.6 Å². The fraction of sp³-hybridized carbons (Fsp3) is 0.241. The Morgan fingerprint density at radius 2 is 1.76 bits per heavy atom. The molecule has 0 unspecified atom stereocenters. The van der Waals surface area contributed by atoms with Crippen LogP contribution in [-0.2, 0) is 9.53 Å². The summed E-state index contributed by atoms with van der Waals surface area (Å²) in [7, 11) is 0. The van der Waals surface area contributed by atoms with Crippen molar-refractivity contribution in [3.05, 3.63) is 82.6 Å². The number of aromatic nitrogens is 3. The molecule has 0 radical (unpaired) electrons. The number of ether oxygens (including phenoxy) is 2. The predicted octanol–water partition coefficient (Wildman–Crippen LogP) is 5.57. The summed E-state index contributed by atoms with van der Waals surface area (Å²) in [5, 5.41) is 8.23. The van der Waals surface area contributed by atoms with Gasteiger partial charge in [0.2, 0.25) is 5.91 Å². The molecular formula is C29H30N4O4. The molecule has 2 aromatic heterocycles. The monoisotopic (exact) mass is 498 g/mol. The molecule has 8 nitrogen and oxygen atoms in total. The van der Waals surface area contributed by atoms with Crippen molar-refractivity contribution in [1.82, 2.24) is 14.8 Å². The van der Waals surface area contributed by atoms with Gasteiger partial charge in [-0.05, 0) is 81.7 Å². The van der Waals surface area contributed by atoms with E-state index < -0.39 is 11.9 Å². The summed E-state index contributed by atoms with van der Waals surface area (Å²) < 4.78 is 12.1. The molecule has 190 valence electrons. The molecule has 0 aliphatic heterocycles. The number of aryl methyl sites for hydroxylation is 3. The van der Waals surface area contributed by atoms with Crippen molar-refractivity contribution in [2.75, 3.05) is 18.5 Å². The first-order valence-corrected chi connectivity index (χ1v) is 12.2. The topological polar surface area (TPSA) is 95.3 Å². The van der Waals surface area contributed by atoms with Gasteiger partial charge in [0.05, 0.1) is 24.9 Å². The van der Waals surface area contributed by atoms with E-state index in [1.54, 1.807) is 13.0 Å². The van der Waals surface area contributed by atoms with Crippen molar-refractivity contribution in [3.8, 4) is 11.6 Å². The van der Waals surface area contributed by atoms with Crippen molar-refractivity contribution in [3.63, 3.8) is 0 Å². The van der Waals surface area contributed by atoms with E-state index in [4.69, 9.17) is 14.5 Å². The largest absolute Gasteiger partial charge is 0.494 e. The van der Waals surface area contributed by atoms with Crippen molar-refractivity contribution in [2.24, 2.45) is 0 Å². The van der Waals surface area contributed by atoms with Gasteiger partial charge in [-0.25, -0.2) is 9.78 Å². The minimum Gasteiger partial charge on any atom is -0.494 e. The number of nitrogens with zero attached hydrogens (tertiary/aromatic N) is 3. The maximum absolute atomic E-state index is 12.9. The van der Waals surface area contributed by atoms with E-state index in [9.17, 15) is 9.59 Å². The zero-order valence-corrected chi connectivity index (χ0v) is 21.7. The number of fused-ring (bicyclic) bond motifs is 1. The highest BCUT2D eigenvalue weighted by Gasteiger charge is 2.22. The highest BCUT2D eigenvalue weighted by molar-refractivity contribution is 6.06. The third-order valence-electron chi connectivity index (χ3n) is 5.78. The average Bonchev–Trinajstić information content (AvgIpc) is 3.28. The summed E-state index contributed by atoms with van der Waals surface area (Å²) in [6.45, 7) is 10.5. The van der Waals surface area contributed by atoms with Crippen LogP contribution in [0.2, 0.25) is 0 Å². The lowest BCUT2D eigenvalue weighted by Crippen LogP contribution is -2.16. The summed E-state index contributed by atoms with van der Waals surface area (Å²) in [5.41, 5.74) is 4.99. The normalized spacial score (nSPS) is 11.2. The van der Waals surface area contributed by atoms with Crippen LogP contribution in [0.5, 0.6) is 5.75 Å². The van der Waals surface area contributed by atoms with Crippen molar-refractivity contribution < 1.29 is 19.1 Å². The molecule has 0 saturated carbocycles. The van der Waals surface area contributed by atoms with Crippen LogP contribution in [0.15, 0.2) is 54.7 Å². The molecule has 0 atom stereocenters. The second-order valence-electron chi connectivity index (χ2n) is 8.64. The standard InChI is InChI=1S/C29H30N4O4/c1-6-36-22-11-8-21(9-12-22)10-13-26(34)32-28-24(29(35)37-7-2)17-30-33(28)25-16-19(4)23-15-18(3)14-20(5)27(23)31-25/h8-17H,6-7H2,1-5H3,(H,32,34)/b13-10+. The molecule has 1 N–H and O–H groups in total. The summed E-state index contributed by atoms with van der Waals surface area (Å²) in [6.07, 6.45) is 4.46. The SMILES string of the molecule is CCOC(=O)c1cnn(-c2cc(C)c3cc(C)cc(C)c3n2)c1NC(=O)/C=C/c1ccc(OCC)cc1. The number of esters is 1. The highest BCUT2D eigenvalue weighted by atomic mass is 16.5. The Hall–Kier alpha value is -4.46. The number of amides is 1. The lowest BCUT2D eigenvalue weighted by atomic mass is 10.0. The number of rotatable bonds is 8. The molecule has 2 aromatic carbocycles. The quantitative estimate of drug-likeness (QED) is 0.252. The molecule has 4 aromatic rings. The number of anilines is 1. The second kappa shape index (κ2) is 11.1. The summed E-state index contributed by atoms with van der Waals surface area (Å²) >= 11 is 0. The third kappa shape index (κ3) is 5.69. The molecule has 8 heteroatoms. The summed E-state index contributed by atoms with van der Waals surface area (Å²) in [5.74, 6) is 0.430. The number of hydrogen-bond donors (Lipinski definition) is 1. The second-order valence-corrected chi connectivity index (χ2v) is 8.64. The Bertz CT molecular complexity index is 1490. The number of pyridine rings is 1. The van der Waals surface area contributed by atoms with Gasteiger partial charge < -0.3 is 14.8 Å². The average molecular weight is 499 g/mol. The Kier molecular flexibility index (Phi) is 7.67. The van der Waals surface area contributed by atoms with Gasteiger partial charge in [-0.15, -0.1) is 0 Å². The van der Waals surface area contributed by atoms with Crippen LogP contribution in [-0.4, -0.2) is 39.9 Å². The fourth-order valence-electron chi connectivity index (χ4n) is 4.11. The molecule has 0 aliphatic carbocycles. The van der Waals surface area contributed by atoms with Gasteiger partial charge in [-0.1, -0.05) is 23.8 Å². The fourth-order valence-corrected chi connectivity index (χ4v) is 4.11. The molecule has 0 bridgehead atoms. The molecule has 0 aliphatic rings. The number of nitrogens with one attached hydrogen (secondary N) is 1. The molecular weight excluding hydrogens is 468 g/mol. The van der Waals surface area contributed by atoms with Gasteiger partial charge in [0.1, 0.15) is 11.3 Å². The lowest BCUT2D eigenvalue weighted by Gasteiger charge is -2.13. The van der Waals surface area contributed by atoms with Gasteiger partial charge >= 0.3 is 5.97 Å². The first kappa shape index (κ1) is 25.6. The van der Waals surface area contributed by atoms with Crippen molar-refractivity contribution >= 4 is 34.7 Å². The van der Waals surface area contributed by atoms with Crippen LogP contribution in [0.1, 0.15) is 46.5 Å². The van der Waals surface area contributed by atoms with E-state index in [1.807, 2.05) is 58.0 Å². The highest BCUT2D eigenvalue weighted by Crippen LogP contribution is 2.27. The zero-order chi connectivity index (χ0) is 26.5. The van der Waals surface area contributed by atoms with Gasteiger partial charge in [-0.2, -0.15) is 9.78 Å². The number of carbonyl (C=O) groups excluding carboxylic acids is 2. The van der Waals surface area contributed by atoms with E-state index in [1.165, 1.54) is 17.0 Å². The number of hydrogen-bond acceptors (Lipinski definition) is 6. The van der Waals surface area contributed by atoms with Gasteiger partial charge in [0, 0.05) is 11.5 Å². The lowest BCUT2D eigenvalue weighted by molar-refractivity contribution is -0.111. The van der Waals surface area contributed by atoms with E-state index in [0.717, 1.165) is 38.9 Å². The Morgan fingerprint density at radius 3 is 2.46 bits per heavy atom. The van der Waals surface area contributed by atoms with Crippen LogP contribution in [0.4, 0.5) is 5.82 Å². The Labute approximate surface area is 215 Å². The molecule has 4 rings (SSSR count). The minimum absolute atomic E-state index is 0.143. The van der Waals surface area contributed by atoms with Crippen LogP contribution < -0.4 is 10.1 Å². The van der Waals surface area contributed by atoms with Gasteiger partial charge in [0.25, 0.3) is 0 Å². The maximum Gasteiger partial charge on any atom is 0.343 e. The van der Waals surface area contributed by atoms with Crippen LogP contribution >= 0.6 is 0 Å². The molecule has 37 heavy (non-hydrogen) atoms. The van der Waals surface area contributed by atoms with Crippen molar-refractivity contribution in [1.29, 1.82) is 0 Å². The van der Waals surface area contributed by atoms with Crippen LogP contribution in [0.25, 0.3) is 22.8 Å². The molecule has 0 saturated heterocycles. The molecule has 1 amide bonds. The van der Waals surface area contributed by atoms with E-state index in [2.05, 4.69) is 22.5 Å². The van der Waals surface area contributed by atoms with E-state index in [0.29, 0.717) is 12.4 Å². The van der Waals surface area contributed by atoms with Crippen molar-refractivity contribution in [2.45, 2.75) is 34.6 Å². The first-order valence-electron chi connectivity index (χ1n) is 12.2. The molecule has 0 spiro atoms. The first-order chi connectivity index (χ1) is 17.8. The summed E-state index contributed by atoms with van der Waals surface area (Å²) in [4.78, 5) is 30.4. The third-order valence-corrected chi connectivity index (χ3v) is 5.78. The van der Waals surface area contributed by atoms with E-state index in [-0.39, 0.29) is 18.0 Å². The molecule has 0 fully saturated rings. The minimum atomic E-state index is -0.580. The smallest absolute Gasteiger partial charge is 0.343 e. The Balaban J connectivity index is 1.69. The summed E-state index contributed by atoms with van der Waals surface area (Å²) in [6, 6.07) is 13.4. The predicted molar refractivity (Wildman–Crippen MR) is 144 cm³/mol. The zero-order valence-electron chi connectivity index (χ0n) is 21.7. The maximum atomic E-state index is 12.9. The van der Waals surface area contributed by atoms with Gasteiger partial charge in [-0.3, -0.25) is 4.79 Å². The Morgan fingerprint density at radius 1 is 1.00 bits per heavy atom. The number of carbonyl (C=O) groups is 2. The van der Waals surface area contributed by atoms with Crippen LogP contribution in [0, 0.1) is 20.8 Å². The van der Waals surface area contributed by atoms with Crippen LogP contribution in [0.3, 0.4) is 0 Å². The van der Waals surface area contributed by atoms with E-state index >= 15 is 0 Å².